The molecular formula is C33H39F3O3. The molecule has 0 amide bonds. The van der Waals surface area contributed by atoms with Gasteiger partial charge >= 0.3 is 0 Å². The van der Waals surface area contributed by atoms with Gasteiger partial charge in [-0.3, -0.25) is 0 Å². The predicted molar refractivity (Wildman–Crippen MR) is 149 cm³/mol. The van der Waals surface area contributed by atoms with Gasteiger partial charge in [-0.2, -0.15) is 0 Å². The van der Waals surface area contributed by atoms with Crippen LogP contribution in [0.2, 0.25) is 0 Å². The highest BCUT2D eigenvalue weighted by molar-refractivity contribution is 5.65. The number of unbranched alkanes of at least 4 members (excludes halogenated alkanes) is 2. The second-order valence-electron chi connectivity index (χ2n) is 10.3. The van der Waals surface area contributed by atoms with E-state index < -0.39 is 17.5 Å². The summed E-state index contributed by atoms with van der Waals surface area (Å²) in [6, 6.07) is 14.9. The minimum Gasteiger partial charge on any atom is -0.493 e. The van der Waals surface area contributed by atoms with E-state index in [-0.39, 0.29) is 24.2 Å². The third kappa shape index (κ3) is 7.78. The molecule has 1 aliphatic rings. The lowest BCUT2D eigenvalue weighted by atomic mass is 9.82. The van der Waals surface area contributed by atoms with Gasteiger partial charge in [0.2, 0.25) is 0 Å². The first-order valence-electron chi connectivity index (χ1n) is 14.2. The minimum absolute atomic E-state index is 0.00714. The second kappa shape index (κ2) is 14.4. The molecule has 6 heteroatoms. The molecule has 0 saturated heterocycles. The van der Waals surface area contributed by atoms with Gasteiger partial charge in [-0.25, -0.2) is 13.2 Å². The maximum Gasteiger partial charge on any atom is 0.166 e. The molecule has 0 atom stereocenters. The van der Waals surface area contributed by atoms with Crippen molar-refractivity contribution in [1.29, 1.82) is 0 Å². The van der Waals surface area contributed by atoms with Crippen LogP contribution < -0.4 is 9.47 Å². The Bertz CT molecular complexity index is 1190. The molecule has 3 aromatic rings. The summed E-state index contributed by atoms with van der Waals surface area (Å²) in [5.74, 6) is -0.967. The molecule has 3 nitrogen and oxygen atoms in total. The monoisotopic (exact) mass is 540 g/mol. The van der Waals surface area contributed by atoms with E-state index in [1.807, 2.05) is 0 Å². The van der Waals surface area contributed by atoms with Gasteiger partial charge in [-0.05, 0) is 79.8 Å². The largest absolute Gasteiger partial charge is 0.493 e. The quantitative estimate of drug-likeness (QED) is 0.202. The van der Waals surface area contributed by atoms with Crippen molar-refractivity contribution in [2.24, 2.45) is 0 Å². The van der Waals surface area contributed by atoms with Gasteiger partial charge in [0.25, 0.3) is 0 Å². The fourth-order valence-corrected chi connectivity index (χ4v) is 5.00. The zero-order chi connectivity index (χ0) is 27.6. The molecule has 0 aliphatic heterocycles. The van der Waals surface area contributed by atoms with Gasteiger partial charge in [-0.1, -0.05) is 51.0 Å². The van der Waals surface area contributed by atoms with Crippen LogP contribution in [-0.2, 0) is 11.3 Å². The Morgan fingerprint density at radius 1 is 0.718 bits per heavy atom. The van der Waals surface area contributed by atoms with Crippen molar-refractivity contribution in [3.05, 3.63) is 83.2 Å². The number of hydrogen-bond acceptors (Lipinski definition) is 3. The average molecular weight is 541 g/mol. The summed E-state index contributed by atoms with van der Waals surface area (Å²) in [4.78, 5) is 0. The summed E-state index contributed by atoms with van der Waals surface area (Å²) in [7, 11) is 0. The number of rotatable bonds is 13. The fraction of sp³-hybridized carbons (Fsp3) is 0.455. The van der Waals surface area contributed by atoms with E-state index in [0.29, 0.717) is 34.8 Å². The summed E-state index contributed by atoms with van der Waals surface area (Å²) in [6.45, 7) is 5.58. The Balaban J connectivity index is 1.34. The minimum atomic E-state index is -0.828. The fourth-order valence-electron chi connectivity index (χ4n) is 5.00. The van der Waals surface area contributed by atoms with Gasteiger partial charge in [0.15, 0.2) is 11.6 Å². The molecular weight excluding hydrogens is 501 g/mol. The van der Waals surface area contributed by atoms with Crippen molar-refractivity contribution < 1.29 is 27.4 Å². The van der Waals surface area contributed by atoms with E-state index in [2.05, 4.69) is 13.8 Å². The van der Waals surface area contributed by atoms with Crippen LogP contribution in [0.25, 0.3) is 11.1 Å². The number of halogens is 3. The Hall–Kier alpha value is -2.99. The summed E-state index contributed by atoms with van der Waals surface area (Å²) >= 11 is 0. The molecule has 39 heavy (non-hydrogen) atoms. The normalized spacial score (nSPS) is 17.3. The Morgan fingerprint density at radius 3 is 2.10 bits per heavy atom. The van der Waals surface area contributed by atoms with Crippen LogP contribution in [0.1, 0.15) is 82.3 Å². The molecule has 0 N–H and O–H groups in total. The molecule has 4 rings (SSSR count). The van der Waals surface area contributed by atoms with Crippen LogP contribution in [-0.4, -0.2) is 19.3 Å². The SMILES string of the molecule is CCCCOc1ccc(COc2ccc(-c3ccc(C4CCC(OCCCC)CC4)c(F)c3F)cc2)c(F)c1. The summed E-state index contributed by atoms with van der Waals surface area (Å²) in [6.07, 6.45) is 7.65. The zero-order valence-corrected chi connectivity index (χ0v) is 23.0. The molecule has 210 valence electrons. The topological polar surface area (TPSA) is 27.7 Å². The highest BCUT2D eigenvalue weighted by Crippen LogP contribution is 2.38. The van der Waals surface area contributed by atoms with Crippen LogP contribution in [0.4, 0.5) is 13.2 Å². The lowest BCUT2D eigenvalue weighted by molar-refractivity contribution is 0.0230. The highest BCUT2D eigenvalue weighted by atomic mass is 19.2. The highest BCUT2D eigenvalue weighted by Gasteiger charge is 2.27. The molecule has 3 aromatic carbocycles. The van der Waals surface area contributed by atoms with Crippen LogP contribution in [0.3, 0.4) is 0 Å². The van der Waals surface area contributed by atoms with Gasteiger partial charge in [-0.15, -0.1) is 0 Å². The van der Waals surface area contributed by atoms with Crippen molar-refractivity contribution in [3.8, 4) is 22.6 Å². The first kappa shape index (κ1) is 29.0. The Morgan fingerprint density at radius 2 is 1.41 bits per heavy atom. The van der Waals surface area contributed by atoms with Gasteiger partial charge < -0.3 is 14.2 Å². The van der Waals surface area contributed by atoms with Gasteiger partial charge in [0.1, 0.15) is 23.9 Å². The maximum atomic E-state index is 15.1. The molecule has 0 heterocycles. The zero-order valence-electron chi connectivity index (χ0n) is 23.0. The molecule has 1 saturated carbocycles. The average Bonchev–Trinajstić information content (AvgIpc) is 2.95. The number of hydrogen-bond donors (Lipinski definition) is 0. The number of benzene rings is 3. The van der Waals surface area contributed by atoms with E-state index in [1.54, 1.807) is 48.5 Å². The van der Waals surface area contributed by atoms with Crippen LogP contribution in [0.15, 0.2) is 54.6 Å². The van der Waals surface area contributed by atoms with Crippen molar-refractivity contribution in [3.63, 3.8) is 0 Å². The first-order chi connectivity index (χ1) is 19.0. The van der Waals surface area contributed by atoms with Crippen molar-refractivity contribution in [1.82, 2.24) is 0 Å². The molecule has 0 unspecified atom stereocenters. The molecule has 0 aromatic heterocycles. The third-order valence-corrected chi connectivity index (χ3v) is 7.43. The molecule has 0 bridgehead atoms. The van der Waals surface area contributed by atoms with E-state index in [4.69, 9.17) is 14.2 Å². The van der Waals surface area contributed by atoms with E-state index in [9.17, 15) is 4.39 Å². The lowest BCUT2D eigenvalue weighted by Crippen LogP contribution is -2.22. The van der Waals surface area contributed by atoms with Crippen LogP contribution >= 0.6 is 0 Å². The second-order valence-corrected chi connectivity index (χ2v) is 10.3. The molecule has 0 radical (unpaired) electrons. The third-order valence-electron chi connectivity index (χ3n) is 7.43. The van der Waals surface area contributed by atoms with Crippen LogP contribution in [0, 0.1) is 17.5 Å². The van der Waals surface area contributed by atoms with Gasteiger partial charge in [0, 0.05) is 23.8 Å². The van der Waals surface area contributed by atoms with Crippen LogP contribution in [0.5, 0.6) is 11.5 Å². The van der Waals surface area contributed by atoms with Crippen molar-refractivity contribution in [2.45, 2.75) is 83.8 Å². The van der Waals surface area contributed by atoms with E-state index >= 15 is 8.78 Å². The summed E-state index contributed by atoms with van der Waals surface area (Å²) in [5, 5.41) is 0. The maximum absolute atomic E-state index is 15.1. The molecule has 0 spiro atoms. The Kier molecular flexibility index (Phi) is 10.7. The van der Waals surface area contributed by atoms with Crippen molar-refractivity contribution >= 4 is 0 Å². The van der Waals surface area contributed by atoms with Crippen molar-refractivity contribution in [2.75, 3.05) is 13.2 Å². The smallest absolute Gasteiger partial charge is 0.166 e. The summed E-state index contributed by atoms with van der Waals surface area (Å²) in [5.41, 5.74) is 1.63. The summed E-state index contributed by atoms with van der Waals surface area (Å²) < 4.78 is 61.9. The molecule has 1 aliphatic carbocycles. The Labute approximate surface area is 230 Å². The number of ether oxygens (including phenoxy) is 3. The molecule has 1 fully saturated rings. The van der Waals surface area contributed by atoms with E-state index in [0.717, 1.165) is 58.0 Å². The standard InChI is InChI=1S/C33H39F3O3/c1-3-5-19-37-26-12-7-23(8-13-26)29-17-18-30(33(36)32(29)35)24-9-14-27(15-10-24)39-22-25-11-16-28(21-31(25)34)38-20-6-4-2/h9-11,14-18,21,23,26H,3-8,12-13,19-20,22H2,1-2H3. The van der Waals surface area contributed by atoms with E-state index in [1.165, 1.54) is 6.07 Å². The predicted octanol–water partition coefficient (Wildman–Crippen LogP) is 9.37. The van der Waals surface area contributed by atoms with Gasteiger partial charge in [0.05, 0.1) is 12.7 Å². The first-order valence-corrected chi connectivity index (χ1v) is 14.2. The lowest BCUT2D eigenvalue weighted by Gasteiger charge is -2.29.